The molecule has 3 rings (SSSR count). The Morgan fingerprint density at radius 2 is 2.00 bits per heavy atom. The number of nitrogens with two attached hydrogens (primary N) is 1. The molecule has 0 unspecified atom stereocenters. The van der Waals surface area contributed by atoms with Crippen LogP contribution in [0.2, 0.25) is 13.1 Å². The molecular formula is C24H35FN2O3SSi. The highest BCUT2D eigenvalue weighted by Gasteiger charge is 2.31. The number of nitrogens with zero attached hydrogens (tertiary/aromatic N) is 1. The second kappa shape index (κ2) is 10.0. The largest absolute Gasteiger partial charge is 0.481 e. The zero-order valence-corrected chi connectivity index (χ0v) is 21.5. The van der Waals surface area contributed by atoms with Gasteiger partial charge in [0, 0.05) is 25.2 Å². The Bertz CT molecular complexity index is 963. The third kappa shape index (κ3) is 5.78. The summed E-state index contributed by atoms with van der Waals surface area (Å²) in [4.78, 5) is 26.4. The van der Waals surface area contributed by atoms with E-state index in [0.29, 0.717) is 36.1 Å². The van der Waals surface area contributed by atoms with E-state index in [-0.39, 0.29) is 23.7 Å². The molecule has 0 radical (unpaired) electrons. The molecule has 0 saturated carbocycles. The minimum absolute atomic E-state index is 0.000556. The van der Waals surface area contributed by atoms with Crippen molar-refractivity contribution in [2.24, 2.45) is 5.73 Å². The number of halogens is 1. The van der Waals surface area contributed by atoms with Gasteiger partial charge in [0.1, 0.15) is 5.82 Å². The Morgan fingerprint density at radius 1 is 1.34 bits per heavy atom. The van der Waals surface area contributed by atoms with Crippen molar-refractivity contribution >= 4 is 25.6 Å². The first-order valence-corrected chi connectivity index (χ1v) is 15.3. The second-order valence-electron chi connectivity index (χ2n) is 9.60. The first-order valence-electron chi connectivity index (χ1n) is 11.3. The highest BCUT2D eigenvalue weighted by Crippen LogP contribution is 2.39. The van der Waals surface area contributed by atoms with E-state index in [1.54, 1.807) is 6.07 Å². The molecule has 3 N–H and O–H groups in total. The fourth-order valence-corrected chi connectivity index (χ4v) is 6.93. The molecule has 0 spiro atoms. The molecule has 1 saturated heterocycles. The molecule has 1 amide bonds. The van der Waals surface area contributed by atoms with Crippen LogP contribution in [-0.2, 0) is 12.6 Å². The summed E-state index contributed by atoms with van der Waals surface area (Å²) < 4.78 is 20.4. The third-order valence-corrected chi connectivity index (χ3v) is 8.33. The molecule has 32 heavy (non-hydrogen) atoms. The summed E-state index contributed by atoms with van der Waals surface area (Å²) in [6.45, 7) is 11.2. The van der Waals surface area contributed by atoms with Gasteiger partial charge in [-0.1, -0.05) is 23.5 Å². The average molecular weight is 479 g/mol. The van der Waals surface area contributed by atoms with Crippen molar-refractivity contribution in [2.75, 3.05) is 13.1 Å². The number of carbonyl (C=O) groups excluding carboxylic acids is 1. The van der Waals surface area contributed by atoms with Crippen LogP contribution in [0, 0.1) is 12.7 Å². The first kappa shape index (κ1) is 24.9. The van der Waals surface area contributed by atoms with Crippen LogP contribution in [0.4, 0.5) is 4.39 Å². The number of rotatable bonds is 7. The Labute approximate surface area is 195 Å². The predicted molar refractivity (Wildman–Crippen MR) is 130 cm³/mol. The van der Waals surface area contributed by atoms with Gasteiger partial charge in [0.05, 0.1) is 11.0 Å². The van der Waals surface area contributed by atoms with E-state index in [9.17, 15) is 14.0 Å². The van der Waals surface area contributed by atoms with E-state index in [2.05, 4.69) is 0 Å². The van der Waals surface area contributed by atoms with E-state index in [4.69, 9.17) is 10.5 Å². The molecular weight excluding hydrogens is 443 g/mol. The Hall–Kier alpha value is -1.74. The van der Waals surface area contributed by atoms with Crippen molar-refractivity contribution in [3.05, 3.63) is 51.1 Å². The standard InChI is InChI=1S/C24H35FN2O3SSi/c1-15(2)30-24-20(14-32(4,5)29)16(3)22(31-24)23(28)27-10-8-18(9-11-27)19-12-17(13-26)6-7-21(19)25/h6-7,12,15,18,29H,8-11,13-14,26H2,1-5H3. The quantitative estimate of drug-likeness (QED) is 0.564. The van der Waals surface area contributed by atoms with Crippen LogP contribution in [-0.4, -0.2) is 43.1 Å². The highest BCUT2D eigenvalue weighted by molar-refractivity contribution is 7.16. The summed E-state index contributed by atoms with van der Waals surface area (Å²) in [5, 5.41) is 0.742. The summed E-state index contributed by atoms with van der Waals surface area (Å²) >= 11 is 1.39. The van der Waals surface area contributed by atoms with Gasteiger partial charge in [0.2, 0.25) is 0 Å². The van der Waals surface area contributed by atoms with Crippen molar-refractivity contribution in [2.45, 2.75) is 71.3 Å². The lowest BCUT2D eigenvalue weighted by Gasteiger charge is -2.32. The minimum Gasteiger partial charge on any atom is -0.481 e. The summed E-state index contributed by atoms with van der Waals surface area (Å²) in [5.41, 5.74) is 9.23. The number of amides is 1. The molecule has 0 aliphatic carbocycles. The Balaban J connectivity index is 1.77. The fourth-order valence-electron chi connectivity index (χ4n) is 4.24. The van der Waals surface area contributed by atoms with Crippen molar-refractivity contribution < 1.29 is 18.7 Å². The number of piperidine rings is 1. The smallest absolute Gasteiger partial charge is 0.264 e. The lowest BCUT2D eigenvalue weighted by molar-refractivity contribution is 0.0716. The van der Waals surface area contributed by atoms with Gasteiger partial charge in [-0.05, 0) is 81.4 Å². The Morgan fingerprint density at radius 3 is 2.56 bits per heavy atom. The molecule has 2 aromatic rings. The highest BCUT2D eigenvalue weighted by atomic mass is 32.1. The van der Waals surface area contributed by atoms with Crippen molar-refractivity contribution in [1.29, 1.82) is 0 Å². The maximum atomic E-state index is 14.4. The number of carbonyl (C=O) groups is 1. The molecule has 0 atom stereocenters. The van der Waals surface area contributed by atoms with Crippen LogP contribution >= 0.6 is 11.3 Å². The molecule has 1 fully saturated rings. The van der Waals surface area contributed by atoms with Gasteiger partial charge in [-0.15, -0.1) is 0 Å². The van der Waals surface area contributed by atoms with Gasteiger partial charge < -0.3 is 20.2 Å². The fraction of sp³-hybridized carbons (Fsp3) is 0.542. The van der Waals surface area contributed by atoms with E-state index in [1.165, 1.54) is 17.4 Å². The summed E-state index contributed by atoms with van der Waals surface area (Å²) in [7, 11) is -2.38. The van der Waals surface area contributed by atoms with Gasteiger partial charge >= 0.3 is 0 Å². The maximum Gasteiger partial charge on any atom is 0.264 e. The average Bonchev–Trinajstić information content (AvgIpc) is 3.01. The van der Waals surface area contributed by atoms with Crippen molar-refractivity contribution in [3.63, 3.8) is 0 Å². The van der Waals surface area contributed by atoms with Gasteiger partial charge in [0.15, 0.2) is 13.4 Å². The zero-order chi connectivity index (χ0) is 23.6. The molecule has 1 aromatic heterocycles. The molecule has 1 aromatic carbocycles. The number of ether oxygens (including phenoxy) is 1. The topological polar surface area (TPSA) is 75.8 Å². The van der Waals surface area contributed by atoms with Crippen LogP contribution in [0.25, 0.3) is 0 Å². The van der Waals surface area contributed by atoms with Crippen molar-refractivity contribution in [3.8, 4) is 5.06 Å². The number of hydrogen-bond donors (Lipinski definition) is 2. The lowest BCUT2D eigenvalue weighted by atomic mass is 9.88. The molecule has 0 bridgehead atoms. The number of thiophene rings is 1. The number of likely N-dealkylation sites (tertiary alicyclic amines) is 1. The van der Waals surface area contributed by atoms with Gasteiger partial charge in [0.25, 0.3) is 5.91 Å². The minimum atomic E-state index is -2.38. The third-order valence-electron chi connectivity index (χ3n) is 5.90. The normalized spacial score (nSPS) is 15.5. The summed E-state index contributed by atoms with van der Waals surface area (Å²) in [5.74, 6) is -0.108. The van der Waals surface area contributed by atoms with Crippen LogP contribution in [0.15, 0.2) is 18.2 Å². The van der Waals surface area contributed by atoms with E-state index < -0.39 is 8.32 Å². The van der Waals surface area contributed by atoms with E-state index in [1.807, 2.05) is 44.8 Å². The number of benzene rings is 1. The molecule has 1 aliphatic rings. The summed E-state index contributed by atoms with van der Waals surface area (Å²) in [6.07, 6.45) is 1.44. The van der Waals surface area contributed by atoms with Gasteiger partial charge in [-0.2, -0.15) is 0 Å². The van der Waals surface area contributed by atoms with Crippen molar-refractivity contribution in [1.82, 2.24) is 4.90 Å². The van der Waals surface area contributed by atoms with Crippen LogP contribution in [0.1, 0.15) is 64.5 Å². The van der Waals surface area contributed by atoms with Crippen LogP contribution in [0.5, 0.6) is 5.06 Å². The molecule has 2 heterocycles. The molecule has 8 heteroatoms. The number of hydrogen-bond acceptors (Lipinski definition) is 5. The van der Waals surface area contributed by atoms with Gasteiger partial charge in [-0.25, -0.2) is 4.39 Å². The molecule has 5 nitrogen and oxygen atoms in total. The molecule has 176 valence electrons. The maximum absolute atomic E-state index is 14.4. The second-order valence-corrected chi connectivity index (χ2v) is 14.6. The van der Waals surface area contributed by atoms with Crippen LogP contribution < -0.4 is 10.5 Å². The zero-order valence-electron chi connectivity index (χ0n) is 19.7. The van der Waals surface area contributed by atoms with Gasteiger partial charge in [-0.3, -0.25) is 4.79 Å². The predicted octanol–water partition coefficient (Wildman–Crippen LogP) is 4.74. The monoisotopic (exact) mass is 478 g/mol. The summed E-state index contributed by atoms with van der Waals surface area (Å²) in [6, 6.07) is 5.64. The van der Waals surface area contributed by atoms with E-state index >= 15 is 0 Å². The SMILES string of the molecule is Cc1c(C(=O)N2CCC(c3cc(CN)ccc3F)CC2)sc(OC(C)C)c1C[Si](C)(C)O. The Kier molecular flexibility index (Phi) is 7.80. The van der Waals surface area contributed by atoms with Crippen LogP contribution in [0.3, 0.4) is 0 Å². The lowest BCUT2D eigenvalue weighted by Crippen LogP contribution is -2.38. The van der Waals surface area contributed by atoms with E-state index in [0.717, 1.165) is 34.6 Å². The molecule has 1 aliphatic heterocycles. The first-order chi connectivity index (χ1) is 15.0.